The second kappa shape index (κ2) is 6.34. The summed E-state index contributed by atoms with van der Waals surface area (Å²) in [6, 6.07) is 4.45. The highest BCUT2D eigenvalue weighted by Gasteiger charge is 2.24. The average Bonchev–Trinajstić information content (AvgIpc) is 2.62. The Balaban J connectivity index is 2.30. The lowest BCUT2D eigenvalue weighted by Crippen LogP contribution is -2.32. The molecule has 0 N–H and O–H groups in total. The molecule has 0 unspecified atom stereocenters. The highest BCUT2D eigenvalue weighted by Crippen LogP contribution is 2.30. The van der Waals surface area contributed by atoms with E-state index in [2.05, 4.69) is 4.74 Å². The molecular formula is C14H16N2O5. The molecule has 1 aromatic rings. The first-order chi connectivity index (χ1) is 10.0. The van der Waals surface area contributed by atoms with Crippen LogP contribution < -0.4 is 4.90 Å². The van der Waals surface area contributed by atoms with Gasteiger partial charge in [-0.3, -0.25) is 19.7 Å². The predicted octanol–water partition coefficient (Wildman–Crippen LogP) is 1.83. The van der Waals surface area contributed by atoms with E-state index in [1.165, 1.54) is 24.1 Å². The number of ether oxygens (including phenoxy) is 1. The summed E-state index contributed by atoms with van der Waals surface area (Å²) in [4.78, 5) is 35.3. The van der Waals surface area contributed by atoms with E-state index in [0.717, 1.165) is 5.56 Å². The molecule has 2 rings (SSSR count). The number of carbonyl (C=O) groups excluding carboxylic acids is 2. The number of anilines is 1. The molecule has 0 saturated heterocycles. The summed E-state index contributed by atoms with van der Waals surface area (Å²) in [6.07, 6.45) is 1.71. The average molecular weight is 292 g/mol. The second-order valence-corrected chi connectivity index (χ2v) is 4.80. The number of fused-ring (bicyclic) bond motifs is 1. The predicted molar refractivity (Wildman–Crippen MR) is 75.0 cm³/mol. The lowest BCUT2D eigenvalue weighted by molar-refractivity contribution is -0.384. The van der Waals surface area contributed by atoms with E-state index in [1.807, 2.05) is 0 Å². The summed E-state index contributed by atoms with van der Waals surface area (Å²) in [5.41, 5.74) is 1.42. The molecule has 0 fully saturated rings. The maximum Gasteiger partial charge on any atom is 0.307 e. The van der Waals surface area contributed by atoms with Crippen LogP contribution >= 0.6 is 0 Å². The van der Waals surface area contributed by atoms with Crippen LogP contribution in [0.15, 0.2) is 18.2 Å². The van der Waals surface area contributed by atoms with Gasteiger partial charge < -0.3 is 9.64 Å². The zero-order valence-corrected chi connectivity index (χ0v) is 11.7. The van der Waals surface area contributed by atoms with Crippen molar-refractivity contribution in [2.24, 2.45) is 0 Å². The molecule has 1 heterocycles. The second-order valence-electron chi connectivity index (χ2n) is 4.80. The SMILES string of the molecule is COC(=O)CCN1C(=O)CCCc2cc([N+](=O)[O-])ccc21. The van der Waals surface area contributed by atoms with Crippen molar-refractivity contribution < 1.29 is 19.2 Å². The molecule has 0 aromatic heterocycles. The van der Waals surface area contributed by atoms with Gasteiger partial charge in [0.15, 0.2) is 0 Å². The number of benzene rings is 1. The standard InChI is InChI=1S/C14H16N2O5/c1-21-14(18)7-8-15-12-6-5-11(16(19)20)9-10(12)3-2-4-13(15)17/h5-6,9H,2-4,7-8H2,1H3. The maximum absolute atomic E-state index is 12.1. The van der Waals surface area contributed by atoms with Crippen molar-refractivity contribution in [3.8, 4) is 0 Å². The number of nitro benzene ring substituents is 1. The summed E-state index contributed by atoms with van der Waals surface area (Å²) < 4.78 is 4.58. The van der Waals surface area contributed by atoms with Crippen LogP contribution in [0.2, 0.25) is 0 Å². The van der Waals surface area contributed by atoms with Crippen molar-refractivity contribution >= 4 is 23.3 Å². The quantitative estimate of drug-likeness (QED) is 0.479. The Bertz CT molecular complexity index is 585. The lowest BCUT2D eigenvalue weighted by Gasteiger charge is -2.22. The van der Waals surface area contributed by atoms with Crippen molar-refractivity contribution in [1.82, 2.24) is 0 Å². The number of methoxy groups -OCH3 is 1. The third-order valence-corrected chi connectivity index (χ3v) is 3.47. The zero-order valence-electron chi connectivity index (χ0n) is 11.7. The van der Waals surface area contributed by atoms with Crippen molar-refractivity contribution in [3.05, 3.63) is 33.9 Å². The summed E-state index contributed by atoms with van der Waals surface area (Å²) in [6.45, 7) is 0.219. The summed E-state index contributed by atoms with van der Waals surface area (Å²) >= 11 is 0. The van der Waals surface area contributed by atoms with Crippen molar-refractivity contribution in [3.63, 3.8) is 0 Å². The molecule has 1 aliphatic heterocycles. The fourth-order valence-corrected chi connectivity index (χ4v) is 2.40. The third-order valence-electron chi connectivity index (χ3n) is 3.47. The molecule has 1 aliphatic rings. The van der Waals surface area contributed by atoms with Crippen molar-refractivity contribution in [2.45, 2.75) is 25.7 Å². The minimum Gasteiger partial charge on any atom is -0.469 e. The van der Waals surface area contributed by atoms with Gasteiger partial charge in [-0.1, -0.05) is 0 Å². The van der Waals surface area contributed by atoms with Gasteiger partial charge >= 0.3 is 5.97 Å². The Morgan fingerprint density at radius 3 is 2.86 bits per heavy atom. The van der Waals surface area contributed by atoms with Crippen LogP contribution in [0.5, 0.6) is 0 Å². The number of carbonyl (C=O) groups is 2. The highest BCUT2D eigenvalue weighted by atomic mass is 16.6. The number of non-ortho nitro benzene ring substituents is 1. The first-order valence-electron chi connectivity index (χ1n) is 6.67. The van der Waals surface area contributed by atoms with E-state index in [9.17, 15) is 19.7 Å². The van der Waals surface area contributed by atoms with Gasteiger partial charge in [-0.2, -0.15) is 0 Å². The van der Waals surface area contributed by atoms with Gasteiger partial charge in [0, 0.05) is 30.8 Å². The third kappa shape index (κ3) is 3.36. The molecule has 0 aliphatic carbocycles. The van der Waals surface area contributed by atoms with E-state index >= 15 is 0 Å². The molecule has 1 amide bonds. The highest BCUT2D eigenvalue weighted by molar-refractivity contribution is 5.95. The topological polar surface area (TPSA) is 89.8 Å². The maximum atomic E-state index is 12.1. The van der Waals surface area contributed by atoms with E-state index < -0.39 is 10.9 Å². The fourth-order valence-electron chi connectivity index (χ4n) is 2.40. The Hall–Kier alpha value is -2.44. The van der Waals surface area contributed by atoms with Crippen LogP contribution in [-0.2, 0) is 20.7 Å². The Kier molecular flexibility index (Phi) is 4.52. The van der Waals surface area contributed by atoms with Crippen molar-refractivity contribution in [1.29, 1.82) is 0 Å². The molecule has 0 spiro atoms. The molecule has 7 heteroatoms. The number of hydrogen-bond acceptors (Lipinski definition) is 5. The first-order valence-corrected chi connectivity index (χ1v) is 6.67. The van der Waals surface area contributed by atoms with Crippen molar-refractivity contribution in [2.75, 3.05) is 18.6 Å². The largest absolute Gasteiger partial charge is 0.469 e. The van der Waals surface area contributed by atoms with Gasteiger partial charge in [0.1, 0.15) is 0 Å². The van der Waals surface area contributed by atoms with Crippen LogP contribution in [-0.4, -0.2) is 30.5 Å². The summed E-state index contributed by atoms with van der Waals surface area (Å²) in [5, 5.41) is 10.8. The molecule has 7 nitrogen and oxygen atoms in total. The van der Waals surface area contributed by atoms with Gasteiger partial charge in [0.05, 0.1) is 18.5 Å². The minimum atomic E-state index is -0.453. The Morgan fingerprint density at radius 2 is 2.19 bits per heavy atom. The molecule has 21 heavy (non-hydrogen) atoms. The molecule has 1 aromatic carbocycles. The molecule has 0 radical (unpaired) electrons. The number of amides is 1. The number of nitrogens with zero attached hydrogens (tertiary/aromatic N) is 2. The zero-order chi connectivity index (χ0) is 15.4. The normalized spacial score (nSPS) is 14.3. The van der Waals surface area contributed by atoms with Gasteiger partial charge in [0.25, 0.3) is 5.69 Å². The first kappa shape index (κ1) is 15.0. The van der Waals surface area contributed by atoms with E-state index in [4.69, 9.17) is 0 Å². The lowest BCUT2D eigenvalue weighted by atomic mass is 10.1. The molecule has 0 atom stereocenters. The molecule has 0 bridgehead atoms. The molecule has 0 saturated carbocycles. The van der Waals surface area contributed by atoms with E-state index in [-0.39, 0.29) is 24.6 Å². The number of nitro groups is 1. The van der Waals surface area contributed by atoms with E-state index in [1.54, 1.807) is 6.07 Å². The van der Waals surface area contributed by atoms with Crippen LogP contribution in [0, 0.1) is 10.1 Å². The molecular weight excluding hydrogens is 276 g/mol. The summed E-state index contributed by atoms with van der Waals surface area (Å²) in [7, 11) is 1.30. The molecule has 112 valence electrons. The fraction of sp³-hybridized carbons (Fsp3) is 0.429. The number of aryl methyl sites for hydroxylation is 1. The van der Waals surface area contributed by atoms with Crippen LogP contribution in [0.4, 0.5) is 11.4 Å². The smallest absolute Gasteiger partial charge is 0.307 e. The number of hydrogen-bond donors (Lipinski definition) is 0. The summed E-state index contributed by atoms with van der Waals surface area (Å²) in [5.74, 6) is -0.470. The van der Waals surface area contributed by atoms with Gasteiger partial charge in [-0.25, -0.2) is 0 Å². The Labute approximate surface area is 121 Å². The number of rotatable bonds is 4. The number of esters is 1. The Morgan fingerprint density at radius 1 is 1.43 bits per heavy atom. The van der Waals surface area contributed by atoms with Crippen LogP contribution in [0.25, 0.3) is 0 Å². The minimum absolute atomic E-state index is 0.0102. The van der Waals surface area contributed by atoms with Gasteiger partial charge in [-0.15, -0.1) is 0 Å². The van der Waals surface area contributed by atoms with Gasteiger partial charge in [-0.05, 0) is 24.5 Å². The monoisotopic (exact) mass is 292 g/mol. The van der Waals surface area contributed by atoms with Crippen LogP contribution in [0.1, 0.15) is 24.8 Å². The van der Waals surface area contributed by atoms with E-state index in [0.29, 0.717) is 24.9 Å². The van der Waals surface area contributed by atoms with Crippen LogP contribution in [0.3, 0.4) is 0 Å². The van der Waals surface area contributed by atoms with Gasteiger partial charge in [0.2, 0.25) is 5.91 Å².